The third-order valence-electron chi connectivity index (χ3n) is 2.60. The minimum Gasteiger partial charge on any atom is -0.497 e. The molecule has 3 heteroatoms. The molecule has 15 heavy (non-hydrogen) atoms. The minimum absolute atomic E-state index is 0.479. The van der Waals surface area contributed by atoms with E-state index < -0.39 is 0 Å². The number of hydrogen-bond donors (Lipinski definition) is 0. The van der Waals surface area contributed by atoms with Gasteiger partial charge in [0.2, 0.25) is 0 Å². The minimum atomic E-state index is 0.479. The van der Waals surface area contributed by atoms with Gasteiger partial charge in [-0.2, -0.15) is 5.10 Å². The summed E-state index contributed by atoms with van der Waals surface area (Å²) in [4.78, 5) is 0. The van der Waals surface area contributed by atoms with Gasteiger partial charge in [-0.3, -0.25) is 4.68 Å². The molecule has 1 aromatic carbocycles. The second-order valence-electron chi connectivity index (χ2n) is 4.11. The molecular formula is C12H16N2O. The molecule has 0 aliphatic rings. The molecule has 0 atom stereocenters. The van der Waals surface area contributed by atoms with E-state index in [1.165, 1.54) is 10.9 Å². The second-order valence-corrected chi connectivity index (χ2v) is 4.11. The van der Waals surface area contributed by atoms with Gasteiger partial charge in [0.05, 0.1) is 12.6 Å². The summed E-state index contributed by atoms with van der Waals surface area (Å²) < 4.78 is 7.12. The van der Waals surface area contributed by atoms with Crippen molar-refractivity contribution in [3.8, 4) is 5.75 Å². The van der Waals surface area contributed by atoms with Gasteiger partial charge in [0.15, 0.2) is 0 Å². The van der Waals surface area contributed by atoms with Crippen molar-refractivity contribution in [2.45, 2.75) is 19.8 Å². The Morgan fingerprint density at radius 3 is 2.67 bits per heavy atom. The summed E-state index contributed by atoms with van der Waals surface area (Å²) in [7, 11) is 3.63. The van der Waals surface area contributed by atoms with E-state index in [9.17, 15) is 0 Å². The van der Waals surface area contributed by atoms with Gasteiger partial charge < -0.3 is 4.74 Å². The molecule has 0 aliphatic heterocycles. The highest BCUT2D eigenvalue weighted by molar-refractivity contribution is 5.84. The van der Waals surface area contributed by atoms with Crippen LogP contribution in [-0.2, 0) is 7.05 Å². The van der Waals surface area contributed by atoms with Crippen LogP contribution in [0.2, 0.25) is 0 Å². The fourth-order valence-electron chi connectivity index (χ4n) is 1.84. The molecular weight excluding hydrogens is 188 g/mol. The van der Waals surface area contributed by atoms with E-state index >= 15 is 0 Å². The predicted molar refractivity (Wildman–Crippen MR) is 61.4 cm³/mol. The SMILES string of the molecule is COc1cc(C(C)C)c2cn(C)nc2c1. The van der Waals surface area contributed by atoms with Gasteiger partial charge in [0, 0.05) is 24.7 Å². The molecule has 0 saturated carbocycles. The number of fused-ring (bicyclic) bond motifs is 1. The van der Waals surface area contributed by atoms with E-state index in [0.29, 0.717) is 5.92 Å². The molecule has 0 aliphatic carbocycles. The Morgan fingerprint density at radius 2 is 2.07 bits per heavy atom. The Labute approximate surface area is 89.7 Å². The monoisotopic (exact) mass is 204 g/mol. The lowest BCUT2D eigenvalue weighted by atomic mass is 9.99. The number of hydrogen-bond acceptors (Lipinski definition) is 2. The maximum Gasteiger partial charge on any atom is 0.121 e. The van der Waals surface area contributed by atoms with Crippen LogP contribution >= 0.6 is 0 Å². The van der Waals surface area contributed by atoms with Gasteiger partial charge in [0.1, 0.15) is 5.75 Å². The zero-order chi connectivity index (χ0) is 11.0. The first-order chi connectivity index (χ1) is 7.11. The lowest BCUT2D eigenvalue weighted by molar-refractivity contribution is 0.414. The first-order valence-corrected chi connectivity index (χ1v) is 5.13. The van der Waals surface area contributed by atoms with Gasteiger partial charge in [-0.1, -0.05) is 13.8 Å². The molecule has 1 heterocycles. The average Bonchev–Trinajstić information content (AvgIpc) is 2.55. The van der Waals surface area contributed by atoms with E-state index in [-0.39, 0.29) is 0 Å². The van der Waals surface area contributed by atoms with Crippen LogP contribution in [0.15, 0.2) is 18.3 Å². The first-order valence-electron chi connectivity index (χ1n) is 5.13. The van der Waals surface area contributed by atoms with Crippen LogP contribution in [0.4, 0.5) is 0 Å². The zero-order valence-corrected chi connectivity index (χ0v) is 9.61. The van der Waals surface area contributed by atoms with Gasteiger partial charge >= 0.3 is 0 Å². The molecule has 3 nitrogen and oxygen atoms in total. The van der Waals surface area contributed by atoms with Gasteiger partial charge in [-0.05, 0) is 17.5 Å². The third kappa shape index (κ3) is 1.69. The van der Waals surface area contributed by atoms with Crippen molar-refractivity contribution < 1.29 is 4.74 Å². The van der Waals surface area contributed by atoms with Gasteiger partial charge in [-0.25, -0.2) is 0 Å². The largest absolute Gasteiger partial charge is 0.497 e. The molecule has 80 valence electrons. The quantitative estimate of drug-likeness (QED) is 0.752. The van der Waals surface area contributed by atoms with Crippen LogP contribution < -0.4 is 4.74 Å². The summed E-state index contributed by atoms with van der Waals surface area (Å²) >= 11 is 0. The fraction of sp³-hybridized carbons (Fsp3) is 0.417. The Kier molecular flexibility index (Phi) is 2.39. The number of aromatic nitrogens is 2. The van der Waals surface area contributed by atoms with Crippen molar-refractivity contribution >= 4 is 10.9 Å². The zero-order valence-electron chi connectivity index (χ0n) is 9.61. The Hall–Kier alpha value is -1.51. The van der Waals surface area contributed by atoms with E-state index in [1.54, 1.807) is 7.11 Å². The van der Waals surface area contributed by atoms with Crippen LogP contribution in [0.25, 0.3) is 10.9 Å². The predicted octanol–water partition coefficient (Wildman–Crippen LogP) is 2.71. The number of rotatable bonds is 2. The number of aryl methyl sites for hydroxylation is 1. The standard InChI is InChI=1S/C12H16N2O/c1-8(2)10-5-9(15-4)6-12-11(10)7-14(3)13-12/h5-8H,1-4H3. The molecule has 0 saturated heterocycles. The molecule has 2 aromatic rings. The maximum absolute atomic E-state index is 5.27. The fourth-order valence-corrected chi connectivity index (χ4v) is 1.84. The first kappa shape index (κ1) is 10.0. The number of benzene rings is 1. The van der Waals surface area contributed by atoms with E-state index in [1.807, 2.05) is 17.8 Å². The van der Waals surface area contributed by atoms with Gasteiger partial charge in [-0.15, -0.1) is 0 Å². The van der Waals surface area contributed by atoms with Crippen LogP contribution in [0.3, 0.4) is 0 Å². The van der Waals surface area contributed by atoms with Crippen molar-refractivity contribution in [2.75, 3.05) is 7.11 Å². The topological polar surface area (TPSA) is 27.1 Å². The number of nitrogens with zero attached hydrogens (tertiary/aromatic N) is 2. The smallest absolute Gasteiger partial charge is 0.121 e. The van der Waals surface area contributed by atoms with Crippen LogP contribution in [0, 0.1) is 0 Å². The Bertz CT molecular complexity index is 486. The molecule has 0 amide bonds. The van der Waals surface area contributed by atoms with Crippen LogP contribution in [-0.4, -0.2) is 16.9 Å². The molecule has 0 radical (unpaired) electrons. The average molecular weight is 204 g/mol. The van der Waals surface area contributed by atoms with E-state index in [4.69, 9.17) is 4.74 Å². The Morgan fingerprint density at radius 1 is 1.33 bits per heavy atom. The number of ether oxygens (including phenoxy) is 1. The lowest BCUT2D eigenvalue weighted by Crippen LogP contribution is -1.91. The van der Waals surface area contributed by atoms with Crippen molar-refractivity contribution in [2.24, 2.45) is 7.05 Å². The van der Waals surface area contributed by atoms with Crippen molar-refractivity contribution in [3.63, 3.8) is 0 Å². The Balaban J connectivity index is 2.73. The maximum atomic E-state index is 5.27. The highest BCUT2D eigenvalue weighted by Crippen LogP contribution is 2.29. The molecule has 0 bridgehead atoms. The van der Waals surface area contributed by atoms with Crippen molar-refractivity contribution in [1.82, 2.24) is 9.78 Å². The van der Waals surface area contributed by atoms with Crippen molar-refractivity contribution in [1.29, 1.82) is 0 Å². The van der Waals surface area contributed by atoms with Crippen LogP contribution in [0.1, 0.15) is 25.3 Å². The highest BCUT2D eigenvalue weighted by Gasteiger charge is 2.10. The van der Waals surface area contributed by atoms with E-state index in [2.05, 4.69) is 31.2 Å². The molecule has 0 unspecified atom stereocenters. The molecule has 2 rings (SSSR count). The van der Waals surface area contributed by atoms with Gasteiger partial charge in [0.25, 0.3) is 0 Å². The summed E-state index contributed by atoms with van der Waals surface area (Å²) in [6.07, 6.45) is 2.06. The number of methoxy groups -OCH3 is 1. The molecule has 0 spiro atoms. The van der Waals surface area contributed by atoms with E-state index in [0.717, 1.165) is 11.3 Å². The molecule has 1 aromatic heterocycles. The summed E-state index contributed by atoms with van der Waals surface area (Å²) in [5, 5.41) is 5.62. The third-order valence-corrected chi connectivity index (χ3v) is 2.60. The second kappa shape index (κ2) is 3.57. The van der Waals surface area contributed by atoms with Crippen molar-refractivity contribution in [3.05, 3.63) is 23.9 Å². The van der Waals surface area contributed by atoms with Crippen LogP contribution in [0.5, 0.6) is 5.75 Å². The normalized spacial score (nSPS) is 11.3. The summed E-state index contributed by atoms with van der Waals surface area (Å²) in [6.45, 7) is 4.36. The summed E-state index contributed by atoms with van der Waals surface area (Å²) in [5.41, 5.74) is 2.29. The molecule has 0 N–H and O–H groups in total. The lowest BCUT2D eigenvalue weighted by Gasteiger charge is -2.08. The highest BCUT2D eigenvalue weighted by atomic mass is 16.5. The summed E-state index contributed by atoms with van der Waals surface area (Å²) in [5.74, 6) is 1.36. The summed E-state index contributed by atoms with van der Waals surface area (Å²) in [6, 6.07) is 4.07. The molecule has 0 fully saturated rings.